The first-order valence-electron chi connectivity index (χ1n) is 10.1. The topological polar surface area (TPSA) is 101 Å². The summed E-state index contributed by atoms with van der Waals surface area (Å²) in [7, 11) is -3.79. The second kappa shape index (κ2) is 9.13. The van der Waals surface area contributed by atoms with Crippen molar-refractivity contribution < 1.29 is 13.2 Å². The lowest BCUT2D eigenvalue weighted by atomic mass is 10.1. The van der Waals surface area contributed by atoms with Gasteiger partial charge in [-0.2, -0.15) is 0 Å². The number of nitrogens with one attached hydrogen (secondary N) is 2. The van der Waals surface area contributed by atoms with Crippen molar-refractivity contribution in [3.63, 3.8) is 0 Å². The van der Waals surface area contributed by atoms with Crippen LogP contribution in [0.3, 0.4) is 0 Å². The summed E-state index contributed by atoms with van der Waals surface area (Å²) >= 11 is 1.27. The molecule has 1 amide bonds. The van der Waals surface area contributed by atoms with E-state index in [2.05, 4.69) is 20.2 Å². The van der Waals surface area contributed by atoms with Gasteiger partial charge in [-0.1, -0.05) is 64.9 Å². The number of anilines is 2. The number of amides is 1. The molecule has 4 rings (SSSR count). The van der Waals surface area contributed by atoms with E-state index in [0.717, 1.165) is 16.7 Å². The van der Waals surface area contributed by atoms with Gasteiger partial charge in [-0.3, -0.25) is 14.8 Å². The van der Waals surface area contributed by atoms with Crippen molar-refractivity contribution in [1.29, 1.82) is 0 Å². The molecule has 1 heterocycles. The van der Waals surface area contributed by atoms with Gasteiger partial charge in [0.2, 0.25) is 5.13 Å². The van der Waals surface area contributed by atoms with Crippen molar-refractivity contribution >= 4 is 38.1 Å². The summed E-state index contributed by atoms with van der Waals surface area (Å²) < 4.78 is 28.1. The van der Waals surface area contributed by atoms with E-state index in [1.54, 1.807) is 49.4 Å². The summed E-state index contributed by atoms with van der Waals surface area (Å²) in [4.78, 5) is 13.1. The fourth-order valence-electron chi connectivity index (χ4n) is 3.16. The minimum absolute atomic E-state index is 0.153. The van der Waals surface area contributed by atoms with Gasteiger partial charge in [0.05, 0.1) is 10.6 Å². The van der Waals surface area contributed by atoms with E-state index in [0.29, 0.717) is 27.0 Å². The molecular formula is C24H22N4O3S2. The molecular weight excluding hydrogens is 456 g/mol. The summed E-state index contributed by atoms with van der Waals surface area (Å²) in [5, 5.41) is 12.0. The molecule has 0 aliphatic carbocycles. The highest BCUT2D eigenvalue weighted by atomic mass is 32.2. The summed E-state index contributed by atoms with van der Waals surface area (Å²) in [6, 6.07) is 19.3. The molecule has 168 valence electrons. The second-order valence-electron chi connectivity index (χ2n) is 7.63. The quantitative estimate of drug-likeness (QED) is 0.397. The normalized spacial score (nSPS) is 11.2. The highest BCUT2D eigenvalue weighted by molar-refractivity contribution is 7.92. The zero-order valence-corrected chi connectivity index (χ0v) is 19.9. The number of aromatic nitrogens is 2. The molecule has 2 N–H and O–H groups in total. The van der Waals surface area contributed by atoms with Crippen LogP contribution >= 0.6 is 11.3 Å². The molecule has 0 aliphatic heterocycles. The van der Waals surface area contributed by atoms with Crippen molar-refractivity contribution in [3.05, 3.63) is 89.0 Å². The van der Waals surface area contributed by atoms with Crippen molar-refractivity contribution in [1.82, 2.24) is 10.2 Å². The van der Waals surface area contributed by atoms with Gasteiger partial charge in [-0.25, -0.2) is 8.42 Å². The maximum absolute atomic E-state index is 12.9. The van der Waals surface area contributed by atoms with Crippen LogP contribution in [-0.2, 0) is 10.0 Å². The van der Waals surface area contributed by atoms with Gasteiger partial charge in [0.25, 0.3) is 15.9 Å². The Morgan fingerprint density at radius 2 is 1.48 bits per heavy atom. The van der Waals surface area contributed by atoms with Crippen molar-refractivity contribution in [3.8, 4) is 10.6 Å². The molecule has 9 heteroatoms. The number of rotatable bonds is 6. The minimum atomic E-state index is -3.79. The summed E-state index contributed by atoms with van der Waals surface area (Å²) in [5.74, 6) is -0.393. The Hall–Kier alpha value is -3.56. The maximum atomic E-state index is 12.9. The second-order valence-corrected chi connectivity index (χ2v) is 10.3. The lowest BCUT2D eigenvalue weighted by molar-refractivity contribution is 0.102. The number of carbonyl (C=O) groups excluding carboxylic acids is 1. The van der Waals surface area contributed by atoms with Crippen LogP contribution in [0.15, 0.2) is 71.6 Å². The first-order chi connectivity index (χ1) is 15.7. The fourth-order valence-corrected chi connectivity index (χ4v) is 5.03. The van der Waals surface area contributed by atoms with Gasteiger partial charge >= 0.3 is 0 Å². The highest BCUT2D eigenvalue weighted by Crippen LogP contribution is 2.28. The van der Waals surface area contributed by atoms with E-state index in [1.807, 2.05) is 38.1 Å². The minimum Gasteiger partial charge on any atom is -0.296 e. The number of benzene rings is 3. The summed E-state index contributed by atoms with van der Waals surface area (Å²) in [6.07, 6.45) is 0. The smallest absolute Gasteiger partial charge is 0.261 e. The molecule has 3 aromatic carbocycles. The first kappa shape index (κ1) is 22.6. The third-order valence-corrected chi connectivity index (χ3v) is 7.37. The third kappa shape index (κ3) is 5.10. The number of nitrogens with zero attached hydrogens (tertiary/aromatic N) is 2. The van der Waals surface area contributed by atoms with E-state index in [9.17, 15) is 13.2 Å². The van der Waals surface area contributed by atoms with E-state index in [4.69, 9.17) is 0 Å². The molecule has 0 fully saturated rings. The largest absolute Gasteiger partial charge is 0.296 e. The van der Waals surface area contributed by atoms with Crippen LogP contribution in [0.5, 0.6) is 0 Å². The Morgan fingerprint density at radius 1 is 0.848 bits per heavy atom. The van der Waals surface area contributed by atoms with Crippen LogP contribution < -0.4 is 10.0 Å². The molecule has 0 bridgehead atoms. The van der Waals surface area contributed by atoms with Crippen LogP contribution in [-0.4, -0.2) is 24.5 Å². The van der Waals surface area contributed by atoms with E-state index in [-0.39, 0.29) is 4.90 Å². The van der Waals surface area contributed by atoms with Gasteiger partial charge in [0, 0.05) is 11.1 Å². The monoisotopic (exact) mass is 478 g/mol. The molecule has 0 unspecified atom stereocenters. The number of hydrogen-bond acceptors (Lipinski definition) is 6. The van der Waals surface area contributed by atoms with Crippen LogP contribution in [0.2, 0.25) is 0 Å². The maximum Gasteiger partial charge on any atom is 0.261 e. The number of aryl methyl sites for hydroxylation is 2. The zero-order chi connectivity index (χ0) is 23.6. The summed E-state index contributed by atoms with van der Waals surface area (Å²) in [5.41, 5.74) is 4.21. The predicted molar refractivity (Wildman–Crippen MR) is 131 cm³/mol. The Balaban J connectivity index is 1.53. The molecule has 7 nitrogen and oxygen atoms in total. The molecule has 1 aromatic heterocycles. The van der Waals surface area contributed by atoms with E-state index < -0.39 is 15.9 Å². The summed E-state index contributed by atoms with van der Waals surface area (Å²) in [6.45, 7) is 5.59. The van der Waals surface area contributed by atoms with Gasteiger partial charge in [-0.15, -0.1) is 10.2 Å². The molecule has 4 aromatic rings. The SMILES string of the molecule is Cc1ccc(-c2nnc(NC(=O)c3cccc(NS(=O)(=O)c4ccc(C)cc4)c3C)s2)cc1. The van der Waals surface area contributed by atoms with E-state index in [1.165, 1.54) is 11.3 Å². The molecule has 33 heavy (non-hydrogen) atoms. The fraction of sp³-hybridized carbons (Fsp3) is 0.125. The lowest BCUT2D eigenvalue weighted by Gasteiger charge is -2.13. The van der Waals surface area contributed by atoms with Gasteiger partial charge in [-0.05, 0) is 50.6 Å². The highest BCUT2D eigenvalue weighted by Gasteiger charge is 2.19. The van der Waals surface area contributed by atoms with Gasteiger partial charge < -0.3 is 0 Å². The van der Waals surface area contributed by atoms with Crippen molar-refractivity contribution in [2.45, 2.75) is 25.7 Å². The number of carbonyl (C=O) groups is 1. The van der Waals surface area contributed by atoms with Crippen LogP contribution in [0, 0.1) is 20.8 Å². The van der Waals surface area contributed by atoms with E-state index >= 15 is 0 Å². The van der Waals surface area contributed by atoms with Crippen LogP contribution in [0.1, 0.15) is 27.0 Å². The standard InChI is InChI=1S/C24H22N4O3S2/c1-15-7-11-18(12-8-15)23-26-27-24(32-23)25-22(29)20-5-4-6-21(17(20)3)28-33(30,31)19-13-9-16(2)10-14-19/h4-14,28H,1-3H3,(H,25,27,29). The zero-order valence-electron chi connectivity index (χ0n) is 18.3. The van der Waals surface area contributed by atoms with Crippen LogP contribution in [0.4, 0.5) is 10.8 Å². The number of hydrogen-bond donors (Lipinski definition) is 2. The third-order valence-electron chi connectivity index (χ3n) is 5.10. The lowest BCUT2D eigenvalue weighted by Crippen LogP contribution is -2.17. The molecule has 0 saturated heterocycles. The molecule has 0 atom stereocenters. The Morgan fingerprint density at radius 3 is 2.15 bits per heavy atom. The van der Waals surface area contributed by atoms with Crippen LogP contribution in [0.25, 0.3) is 10.6 Å². The molecule has 0 radical (unpaired) electrons. The average Bonchev–Trinajstić information content (AvgIpc) is 3.24. The van der Waals surface area contributed by atoms with Crippen molar-refractivity contribution in [2.24, 2.45) is 0 Å². The molecule has 0 aliphatic rings. The van der Waals surface area contributed by atoms with Gasteiger partial charge in [0.1, 0.15) is 5.01 Å². The number of sulfonamides is 1. The first-order valence-corrected chi connectivity index (χ1v) is 12.4. The Kier molecular flexibility index (Phi) is 6.26. The average molecular weight is 479 g/mol. The Labute approximate surface area is 196 Å². The predicted octanol–water partition coefficient (Wildman–Crippen LogP) is 5.18. The molecule has 0 saturated carbocycles. The Bertz CT molecular complexity index is 1410. The van der Waals surface area contributed by atoms with Gasteiger partial charge in [0.15, 0.2) is 0 Å². The van der Waals surface area contributed by atoms with Crippen molar-refractivity contribution in [2.75, 3.05) is 10.0 Å². The molecule has 0 spiro atoms.